The van der Waals surface area contributed by atoms with Crippen molar-refractivity contribution in [3.8, 4) is 0 Å². The quantitative estimate of drug-likeness (QED) is 0.530. The van der Waals surface area contributed by atoms with Crippen molar-refractivity contribution >= 4 is 30.8 Å². The molecule has 1 rings (SSSR count). The van der Waals surface area contributed by atoms with Crippen LogP contribution in [-0.2, 0) is 0 Å². The SMILES string of the molecule is Cc1pp[pH]p1. The average molecular weight is 152 g/mol. The Morgan fingerprint density at radius 2 is 2.50 bits per heavy atom. The molecule has 6 heavy (non-hydrogen) atoms. The Morgan fingerprint density at radius 1 is 1.67 bits per heavy atom. The van der Waals surface area contributed by atoms with E-state index in [1.807, 2.05) is 0 Å². The Hall–Kier alpha value is 1.07. The standard InChI is InChI=1S/C2H4P4/c1-2-3-5-6-4-2/h5H,1H3. The molecular formula is C2H4P4. The molecule has 1 heterocycles. The maximum Gasteiger partial charge on any atom is 0.0124 e. The number of hydrogen-bond acceptors (Lipinski definition) is 0. The largest absolute Gasteiger partial charge is 0.0764 e. The topological polar surface area (TPSA) is 0 Å². The van der Waals surface area contributed by atoms with E-state index in [1.54, 1.807) is 28.3 Å². The average Bonchev–Trinajstić information content (AvgIpc) is 1.86. The molecule has 1 unspecified atom stereocenters. The van der Waals surface area contributed by atoms with Crippen LogP contribution in [0.25, 0.3) is 0 Å². The Kier molecular flexibility index (Phi) is 2.08. The Labute approximate surface area is 43.4 Å². The summed E-state index contributed by atoms with van der Waals surface area (Å²) in [4.78, 5) is 0. The third kappa shape index (κ3) is 1.29. The summed E-state index contributed by atoms with van der Waals surface area (Å²) < 4.78 is 0. The zero-order valence-corrected chi connectivity index (χ0v) is 7.02. The number of aryl methyl sites for hydroxylation is 1. The van der Waals surface area contributed by atoms with Gasteiger partial charge in [0.2, 0.25) is 0 Å². The highest BCUT2D eigenvalue weighted by atomic mass is 32.3. The molecule has 0 saturated heterocycles. The molecule has 0 aliphatic carbocycles. The van der Waals surface area contributed by atoms with Crippen molar-refractivity contribution in [3.63, 3.8) is 0 Å². The summed E-state index contributed by atoms with van der Waals surface area (Å²) in [5, 5.41) is 1.65. The van der Waals surface area contributed by atoms with E-state index in [0.29, 0.717) is 0 Å². The van der Waals surface area contributed by atoms with E-state index < -0.39 is 0 Å². The zero-order chi connectivity index (χ0) is 4.41. The van der Waals surface area contributed by atoms with Gasteiger partial charge in [-0.3, -0.25) is 0 Å². The highest BCUT2D eigenvalue weighted by Crippen LogP contribution is 2.44. The summed E-state index contributed by atoms with van der Waals surface area (Å²) in [6.45, 7) is 2.23. The van der Waals surface area contributed by atoms with Crippen molar-refractivity contribution in [1.29, 1.82) is 0 Å². The minimum absolute atomic E-state index is 1.18. The van der Waals surface area contributed by atoms with Gasteiger partial charge >= 0.3 is 0 Å². The van der Waals surface area contributed by atoms with Gasteiger partial charge in [0, 0.05) is 5.03 Å². The van der Waals surface area contributed by atoms with E-state index in [0.717, 1.165) is 0 Å². The summed E-state index contributed by atoms with van der Waals surface area (Å²) in [7, 11) is 6.01. The lowest BCUT2D eigenvalue weighted by Gasteiger charge is -1.63. The van der Waals surface area contributed by atoms with E-state index in [9.17, 15) is 0 Å². The van der Waals surface area contributed by atoms with Crippen LogP contribution in [0, 0.1) is 6.92 Å². The molecule has 0 aliphatic heterocycles. The fraction of sp³-hybridized carbons (Fsp3) is 0.500. The van der Waals surface area contributed by atoms with E-state index in [4.69, 9.17) is 0 Å². The van der Waals surface area contributed by atoms with Gasteiger partial charge in [-0.2, -0.15) is 0 Å². The summed E-state index contributed by atoms with van der Waals surface area (Å²) in [6.07, 6.45) is 0. The monoisotopic (exact) mass is 152 g/mol. The van der Waals surface area contributed by atoms with Gasteiger partial charge in [0.15, 0.2) is 0 Å². The Morgan fingerprint density at radius 3 is 2.67 bits per heavy atom. The Bertz CT molecular complexity index is 109. The molecule has 0 N–H and O–H groups in total. The van der Waals surface area contributed by atoms with Gasteiger partial charge < -0.3 is 0 Å². The van der Waals surface area contributed by atoms with Gasteiger partial charge in [0.05, 0.1) is 0 Å². The summed E-state index contributed by atoms with van der Waals surface area (Å²) in [6, 6.07) is 0. The van der Waals surface area contributed by atoms with Crippen LogP contribution in [0.1, 0.15) is 5.03 Å². The highest BCUT2D eigenvalue weighted by Gasteiger charge is 1.76. The van der Waals surface area contributed by atoms with Gasteiger partial charge in [0.25, 0.3) is 0 Å². The van der Waals surface area contributed by atoms with Gasteiger partial charge in [-0.25, -0.2) is 0 Å². The van der Waals surface area contributed by atoms with Crippen molar-refractivity contribution in [2.24, 2.45) is 0 Å². The molecule has 0 bridgehead atoms. The second-order valence-corrected chi connectivity index (χ2v) is 9.55. The minimum atomic E-state index is 1.18. The second kappa shape index (κ2) is 2.40. The van der Waals surface area contributed by atoms with Crippen molar-refractivity contribution in [2.45, 2.75) is 6.92 Å². The van der Waals surface area contributed by atoms with Crippen LogP contribution in [-0.4, -0.2) is 0 Å². The van der Waals surface area contributed by atoms with Crippen LogP contribution in [0.2, 0.25) is 0 Å². The van der Waals surface area contributed by atoms with Crippen molar-refractivity contribution in [2.75, 3.05) is 0 Å². The smallest absolute Gasteiger partial charge is 0.0124 e. The number of hydrogen-bond donors (Lipinski definition) is 0. The zero-order valence-electron chi connectivity index (χ0n) is 3.34. The van der Waals surface area contributed by atoms with Crippen molar-refractivity contribution < 1.29 is 0 Å². The van der Waals surface area contributed by atoms with E-state index in [1.165, 1.54) is 7.55 Å². The molecular weight excluding hydrogens is 148 g/mol. The highest BCUT2D eigenvalue weighted by molar-refractivity contribution is 8.33. The molecule has 1 aromatic heterocycles. The molecule has 0 aromatic carbocycles. The lowest BCUT2D eigenvalue weighted by atomic mass is 11.0. The van der Waals surface area contributed by atoms with Crippen LogP contribution in [0.5, 0.6) is 0 Å². The lowest BCUT2D eigenvalue weighted by Crippen LogP contribution is -1.29. The van der Waals surface area contributed by atoms with Crippen LogP contribution < -0.4 is 0 Å². The first-order chi connectivity index (χ1) is 2.89. The molecule has 4 heteroatoms. The first-order valence-electron chi connectivity index (χ1n) is 1.59. The summed E-state index contributed by atoms with van der Waals surface area (Å²) in [5.74, 6) is 0. The molecule has 32 valence electrons. The lowest BCUT2D eigenvalue weighted by molar-refractivity contribution is 1.78. The molecule has 0 fully saturated rings. The second-order valence-electron chi connectivity index (χ2n) is 0.959. The van der Waals surface area contributed by atoms with Crippen LogP contribution in [0.3, 0.4) is 0 Å². The molecule has 0 spiro atoms. The molecule has 0 amide bonds. The molecule has 1 atom stereocenters. The van der Waals surface area contributed by atoms with Crippen LogP contribution in [0.15, 0.2) is 0 Å². The third-order valence-electron chi connectivity index (χ3n) is 0.451. The normalized spacial score (nSPS) is 14.2. The van der Waals surface area contributed by atoms with Crippen molar-refractivity contribution in [3.05, 3.63) is 5.03 Å². The molecule has 0 radical (unpaired) electrons. The molecule has 1 aromatic rings. The maximum atomic E-state index is 2.23. The fourth-order valence-electron chi connectivity index (χ4n) is 0.212. The van der Waals surface area contributed by atoms with E-state index >= 15 is 0 Å². The van der Waals surface area contributed by atoms with Gasteiger partial charge in [0.1, 0.15) is 0 Å². The van der Waals surface area contributed by atoms with E-state index in [-0.39, 0.29) is 0 Å². The number of rotatable bonds is 0. The predicted molar refractivity (Wildman–Crippen MR) is 38.2 cm³/mol. The summed E-state index contributed by atoms with van der Waals surface area (Å²) in [5.41, 5.74) is 0. The third-order valence-corrected chi connectivity index (χ3v) is 10.8. The minimum Gasteiger partial charge on any atom is -0.0764 e. The first-order valence-corrected chi connectivity index (χ1v) is 7.67. The molecule has 0 aliphatic rings. The molecule has 0 nitrogen and oxygen atoms in total. The van der Waals surface area contributed by atoms with Gasteiger partial charge in [-0.05, 0) is 30.2 Å². The van der Waals surface area contributed by atoms with Gasteiger partial charge in [-0.15, -0.1) is 0 Å². The summed E-state index contributed by atoms with van der Waals surface area (Å²) >= 11 is 0. The fourth-order valence-corrected chi connectivity index (χ4v) is 11.8. The van der Waals surface area contributed by atoms with Gasteiger partial charge in [-0.1, -0.05) is 7.55 Å². The van der Waals surface area contributed by atoms with Crippen molar-refractivity contribution in [1.82, 2.24) is 0 Å². The van der Waals surface area contributed by atoms with E-state index in [2.05, 4.69) is 6.92 Å². The predicted octanol–water partition coefficient (Wildman–Crippen LogP) is 3.77. The maximum absolute atomic E-state index is 2.23. The Balaban J connectivity index is 3.05. The van der Waals surface area contributed by atoms with Crippen LogP contribution in [0.4, 0.5) is 0 Å². The first kappa shape index (κ1) is 5.21. The van der Waals surface area contributed by atoms with Crippen LogP contribution >= 0.6 is 30.8 Å². The molecule has 0 saturated carbocycles.